The van der Waals surface area contributed by atoms with E-state index in [-0.39, 0.29) is 29.1 Å². The summed E-state index contributed by atoms with van der Waals surface area (Å²) >= 11 is 4.90. The molecule has 13 heterocycles. The SMILES string of the molecule is CC1(C)CCN(c2cnc3c(I)nn(C4CCCCO4)c3n2)CC1.CC1(C)CCN(c2cnc3c(Sc4ccc[nH]c4=O)nn(C4CCCCO4)c3n2)CC1.CC1(N)CCN(c2cnc3c(n2)CN=C3Sc2ccc[nH]c2=O)CC1. The smallest absolute Gasteiger partial charge is 0.262 e. The van der Waals surface area contributed by atoms with Gasteiger partial charge in [-0.25, -0.2) is 39.3 Å². The van der Waals surface area contributed by atoms with Crippen molar-refractivity contribution in [3.05, 3.63) is 91.0 Å². The maximum absolute atomic E-state index is 12.2. The van der Waals surface area contributed by atoms with E-state index < -0.39 is 0 Å². The van der Waals surface area contributed by atoms with E-state index in [4.69, 9.17) is 40.2 Å². The maximum atomic E-state index is 12.2. The molecule has 0 bridgehead atoms. The molecule has 7 aromatic heterocycles. The summed E-state index contributed by atoms with van der Waals surface area (Å²) in [4.78, 5) is 70.7. The first-order valence-electron chi connectivity index (χ1n) is 28.1. The molecule has 7 aromatic rings. The Kier molecular flexibility index (Phi) is 17.0. The van der Waals surface area contributed by atoms with E-state index in [2.05, 4.69) is 102 Å². The fraction of sp³-hybridized carbons (Fsp3) is 0.554. The highest BCUT2D eigenvalue weighted by Crippen LogP contribution is 2.38. The van der Waals surface area contributed by atoms with Crippen LogP contribution in [0.3, 0.4) is 0 Å². The van der Waals surface area contributed by atoms with Crippen LogP contribution in [-0.2, 0) is 16.0 Å². The van der Waals surface area contributed by atoms with Gasteiger partial charge in [0.2, 0.25) is 0 Å². The largest absolute Gasteiger partial charge is 0.356 e. The molecule has 5 saturated heterocycles. The number of hydrogen-bond donors (Lipinski definition) is 3. The van der Waals surface area contributed by atoms with Crippen molar-refractivity contribution >= 4 is 90.9 Å². The van der Waals surface area contributed by atoms with Crippen LogP contribution in [-0.4, -0.2) is 122 Å². The third-order valence-electron chi connectivity index (χ3n) is 16.1. The number of fused-ring (bicyclic) bond motifs is 3. The first kappa shape index (κ1) is 56.3. The number of pyridine rings is 2. The third-order valence-corrected chi connectivity index (χ3v) is 18.9. The second kappa shape index (κ2) is 24.1. The Hall–Kier alpha value is -5.54. The lowest BCUT2D eigenvalue weighted by molar-refractivity contribution is -0.0376. The Morgan fingerprint density at radius 2 is 1.11 bits per heavy atom. The lowest BCUT2D eigenvalue weighted by Crippen LogP contribution is -2.48. The van der Waals surface area contributed by atoms with Crippen LogP contribution in [0.5, 0.6) is 0 Å². The number of aromatic amines is 2. The van der Waals surface area contributed by atoms with Gasteiger partial charge < -0.3 is 39.9 Å². The van der Waals surface area contributed by atoms with Crippen molar-refractivity contribution < 1.29 is 9.47 Å². The first-order valence-corrected chi connectivity index (χ1v) is 30.8. The molecular weight excluding hydrogens is 1170 g/mol. The summed E-state index contributed by atoms with van der Waals surface area (Å²) in [5.74, 6) is 2.73. The minimum absolute atomic E-state index is 0.00500. The normalized spacial score (nSPS) is 21.5. The average molecular weight is 1240 g/mol. The Bertz CT molecular complexity index is 3450. The molecule has 0 amide bonds. The highest BCUT2D eigenvalue weighted by molar-refractivity contribution is 14.1. The third kappa shape index (κ3) is 13.0. The Balaban J connectivity index is 0.000000128. The Morgan fingerprint density at radius 3 is 1.65 bits per heavy atom. The molecule has 4 N–H and O–H groups in total. The molecule has 13 rings (SSSR count). The van der Waals surface area contributed by atoms with Crippen LogP contribution in [0, 0.1) is 14.5 Å². The van der Waals surface area contributed by atoms with Crippen molar-refractivity contribution in [3.8, 4) is 0 Å². The van der Waals surface area contributed by atoms with Crippen molar-refractivity contribution in [1.29, 1.82) is 0 Å². The van der Waals surface area contributed by atoms with E-state index in [1.807, 2.05) is 27.8 Å². The number of aromatic nitrogens is 12. The van der Waals surface area contributed by atoms with Crippen LogP contribution < -0.4 is 31.6 Å². The number of aliphatic imine (C=N–C) groups is 1. The molecular formula is C56H72IN17O4S2. The second-order valence-electron chi connectivity index (χ2n) is 23.4. The lowest BCUT2D eigenvalue weighted by atomic mass is 9.83. The van der Waals surface area contributed by atoms with E-state index in [0.717, 1.165) is 165 Å². The van der Waals surface area contributed by atoms with Gasteiger partial charge in [0.1, 0.15) is 39.2 Å². The molecule has 0 spiro atoms. The van der Waals surface area contributed by atoms with Gasteiger partial charge >= 0.3 is 0 Å². The van der Waals surface area contributed by atoms with E-state index in [1.165, 1.54) is 42.8 Å². The van der Waals surface area contributed by atoms with Crippen molar-refractivity contribution in [1.82, 2.24) is 59.4 Å². The van der Waals surface area contributed by atoms with Crippen LogP contribution in [0.4, 0.5) is 17.5 Å². The highest BCUT2D eigenvalue weighted by atomic mass is 127. The molecule has 6 aliphatic heterocycles. The number of halogens is 1. The lowest BCUT2D eigenvalue weighted by Gasteiger charge is -2.37. The van der Waals surface area contributed by atoms with Gasteiger partial charge in [0.25, 0.3) is 11.1 Å². The number of ether oxygens (including phenoxy) is 2. The van der Waals surface area contributed by atoms with E-state index in [1.54, 1.807) is 36.8 Å². The Morgan fingerprint density at radius 1 is 0.625 bits per heavy atom. The highest BCUT2D eigenvalue weighted by Gasteiger charge is 2.32. The fourth-order valence-electron chi connectivity index (χ4n) is 10.6. The molecule has 0 saturated carbocycles. The number of nitrogens with one attached hydrogen (secondary N) is 2. The molecule has 0 aromatic carbocycles. The molecule has 0 aliphatic carbocycles. The number of hydrogen-bond acceptors (Lipinski definition) is 19. The van der Waals surface area contributed by atoms with E-state index >= 15 is 0 Å². The summed E-state index contributed by atoms with van der Waals surface area (Å²) in [5.41, 5.74) is 11.5. The average Bonchev–Trinajstić information content (AvgIpc) is 4.15. The number of H-pyrrole nitrogens is 2. The molecule has 0 radical (unpaired) electrons. The van der Waals surface area contributed by atoms with Crippen LogP contribution in [0.2, 0.25) is 0 Å². The number of nitrogens with two attached hydrogens (primary N) is 1. The number of anilines is 3. The van der Waals surface area contributed by atoms with Gasteiger partial charge in [-0.1, -0.05) is 51.2 Å². The summed E-state index contributed by atoms with van der Waals surface area (Å²) < 4.78 is 16.6. The van der Waals surface area contributed by atoms with E-state index in [0.29, 0.717) is 37.7 Å². The first-order chi connectivity index (χ1) is 38.6. The maximum Gasteiger partial charge on any atom is 0.262 e. The quantitative estimate of drug-likeness (QED) is 0.120. The Labute approximate surface area is 487 Å². The molecule has 80 heavy (non-hydrogen) atoms. The molecule has 2 atom stereocenters. The van der Waals surface area contributed by atoms with Gasteiger partial charge in [0, 0.05) is 70.4 Å². The monoisotopic (exact) mass is 1240 g/mol. The predicted molar refractivity (Wildman–Crippen MR) is 322 cm³/mol. The molecule has 24 heteroatoms. The predicted octanol–water partition coefficient (Wildman–Crippen LogP) is 9.28. The summed E-state index contributed by atoms with van der Waals surface area (Å²) in [6, 6.07) is 7.19. The van der Waals surface area contributed by atoms with Gasteiger partial charge in [-0.15, -0.1) is 0 Å². The molecule has 21 nitrogen and oxygen atoms in total. The molecule has 6 aliphatic rings. The number of rotatable bonds is 8. The van der Waals surface area contributed by atoms with Crippen LogP contribution >= 0.6 is 46.1 Å². The van der Waals surface area contributed by atoms with Gasteiger partial charge in [-0.3, -0.25) is 14.6 Å². The van der Waals surface area contributed by atoms with Crippen molar-refractivity contribution in [2.75, 3.05) is 67.2 Å². The van der Waals surface area contributed by atoms with Crippen molar-refractivity contribution in [3.63, 3.8) is 0 Å². The minimum atomic E-state index is -0.149. The zero-order chi connectivity index (χ0) is 55.6. The van der Waals surface area contributed by atoms with Gasteiger partial charge in [0.05, 0.1) is 40.6 Å². The fourth-order valence-corrected chi connectivity index (χ4v) is 13.0. The summed E-state index contributed by atoms with van der Waals surface area (Å²) in [6.45, 7) is 19.3. The zero-order valence-corrected chi connectivity index (χ0v) is 50.2. The summed E-state index contributed by atoms with van der Waals surface area (Å²) in [6.07, 6.45) is 21.5. The van der Waals surface area contributed by atoms with Crippen molar-refractivity contribution in [2.45, 2.75) is 151 Å². The van der Waals surface area contributed by atoms with Gasteiger partial charge in [-0.2, -0.15) is 10.2 Å². The van der Waals surface area contributed by atoms with Gasteiger partial charge in [0.15, 0.2) is 32.5 Å². The number of thioether (sulfide) groups is 1. The molecule has 424 valence electrons. The van der Waals surface area contributed by atoms with Crippen LogP contribution in [0.25, 0.3) is 22.3 Å². The van der Waals surface area contributed by atoms with Crippen LogP contribution in [0.15, 0.2) is 84.6 Å². The summed E-state index contributed by atoms with van der Waals surface area (Å²) in [7, 11) is 0. The standard InChI is InChI=1S/C22H28N6O2S.C17H24IN5O.C17H20N6OS/c1-22(2)8-11-27(12-9-22)16-14-24-18-19(25-16)28(17-7-3-4-13-30-17)26-21(18)31-15-6-5-10-23-20(15)29;1-17(2)6-8-22(9-7-17)12-11-19-14-15(18)21-23(16(14)20-12)13-5-3-4-10-24-13;1-17(18)4-7-23(8-5-17)13-10-20-14-11(22-13)9-21-16(14)25-12-3-2-6-19-15(12)24/h5-6,10,14,17H,3-4,7-9,11-13H2,1-2H3,(H,23,29);11,13H,3-10H2,1-2H3;2-3,6,10H,4-5,7-9,18H2,1H3,(H,19,24). The summed E-state index contributed by atoms with van der Waals surface area (Å²) in [5, 5.41) is 10.9. The number of nitrogens with zero attached hydrogens (tertiary/aromatic N) is 14. The topological polar surface area (TPSA) is 245 Å². The molecule has 5 fully saturated rings. The van der Waals surface area contributed by atoms with Crippen molar-refractivity contribution in [2.24, 2.45) is 21.6 Å². The molecule has 2 unspecified atom stereocenters. The minimum Gasteiger partial charge on any atom is -0.356 e. The van der Waals surface area contributed by atoms with E-state index in [9.17, 15) is 9.59 Å². The number of piperidine rings is 3. The zero-order valence-electron chi connectivity index (χ0n) is 46.4. The van der Waals surface area contributed by atoms with Crippen LogP contribution in [0.1, 0.15) is 136 Å². The van der Waals surface area contributed by atoms with Gasteiger partial charge in [-0.05, 0) is 142 Å². The second-order valence-corrected chi connectivity index (χ2v) is 26.5.